The van der Waals surface area contributed by atoms with Crippen LogP contribution in [-0.4, -0.2) is 26.5 Å². The third kappa shape index (κ3) is 4.83. The molecule has 0 bridgehead atoms. The van der Waals surface area contributed by atoms with Gasteiger partial charge in [-0.25, -0.2) is 8.42 Å². The molecule has 0 aliphatic carbocycles. The Bertz CT molecular complexity index is 1430. The van der Waals surface area contributed by atoms with Crippen molar-refractivity contribution in [3.63, 3.8) is 0 Å². The predicted molar refractivity (Wildman–Crippen MR) is 129 cm³/mol. The number of sulfone groups is 1. The molecule has 0 radical (unpaired) electrons. The van der Waals surface area contributed by atoms with Gasteiger partial charge in [0, 0.05) is 22.2 Å². The van der Waals surface area contributed by atoms with Gasteiger partial charge in [0.2, 0.25) is 0 Å². The smallest absolute Gasteiger partial charge is 0.265 e. The molecular formula is C23H17ClN2O4S2. The van der Waals surface area contributed by atoms with Gasteiger partial charge in [0.05, 0.1) is 20.5 Å². The van der Waals surface area contributed by atoms with E-state index in [1.807, 2.05) is 30.3 Å². The topological polar surface area (TPSA) is 92.3 Å². The monoisotopic (exact) mass is 484 g/mol. The second-order valence-corrected chi connectivity index (χ2v) is 10.6. The number of halogens is 1. The zero-order valence-corrected chi connectivity index (χ0v) is 19.1. The maximum Gasteiger partial charge on any atom is 0.265 e. The molecule has 4 aromatic rings. The molecule has 162 valence electrons. The van der Waals surface area contributed by atoms with Crippen molar-refractivity contribution in [3.8, 4) is 0 Å². The van der Waals surface area contributed by atoms with Crippen LogP contribution in [0.3, 0.4) is 0 Å². The molecule has 0 aliphatic heterocycles. The van der Waals surface area contributed by atoms with E-state index in [1.54, 1.807) is 12.1 Å². The summed E-state index contributed by atoms with van der Waals surface area (Å²) in [6, 6.07) is 20.0. The molecule has 4 rings (SSSR count). The highest BCUT2D eigenvalue weighted by Crippen LogP contribution is 2.29. The van der Waals surface area contributed by atoms with E-state index in [-0.39, 0.29) is 21.4 Å². The molecule has 32 heavy (non-hydrogen) atoms. The number of benzene rings is 3. The van der Waals surface area contributed by atoms with Gasteiger partial charge in [0.15, 0.2) is 9.84 Å². The summed E-state index contributed by atoms with van der Waals surface area (Å²) in [5.74, 6) is -0.754. The van der Waals surface area contributed by atoms with Gasteiger partial charge < -0.3 is 10.6 Å². The first-order valence-electron chi connectivity index (χ1n) is 9.42. The second kappa shape index (κ2) is 8.74. The summed E-state index contributed by atoms with van der Waals surface area (Å²) in [4.78, 5) is 25.8. The van der Waals surface area contributed by atoms with E-state index in [0.29, 0.717) is 16.3 Å². The van der Waals surface area contributed by atoms with Crippen LogP contribution in [0.5, 0.6) is 0 Å². The van der Waals surface area contributed by atoms with E-state index in [1.165, 1.54) is 41.7 Å². The second-order valence-electron chi connectivity index (χ2n) is 7.05. The number of rotatable bonds is 5. The molecule has 2 N–H and O–H groups in total. The van der Waals surface area contributed by atoms with Gasteiger partial charge >= 0.3 is 0 Å². The fourth-order valence-electron chi connectivity index (χ4n) is 3.04. The van der Waals surface area contributed by atoms with Gasteiger partial charge in [-0.05, 0) is 53.9 Å². The molecule has 0 unspecified atom stereocenters. The molecule has 1 heterocycles. The van der Waals surface area contributed by atoms with Gasteiger partial charge in [0.25, 0.3) is 11.8 Å². The Hall–Kier alpha value is -3.20. The molecule has 0 saturated carbocycles. The Morgan fingerprint density at radius 1 is 0.875 bits per heavy atom. The first-order chi connectivity index (χ1) is 15.2. The average Bonchev–Trinajstić information content (AvgIpc) is 3.19. The lowest BCUT2D eigenvalue weighted by Gasteiger charge is -2.10. The van der Waals surface area contributed by atoms with Crippen LogP contribution in [0, 0.1) is 0 Å². The van der Waals surface area contributed by atoms with Gasteiger partial charge in [-0.1, -0.05) is 35.9 Å². The molecule has 0 saturated heterocycles. The molecule has 0 fully saturated rings. The Kier molecular flexibility index (Phi) is 6.01. The highest BCUT2D eigenvalue weighted by atomic mass is 35.5. The van der Waals surface area contributed by atoms with Gasteiger partial charge in [0.1, 0.15) is 0 Å². The van der Waals surface area contributed by atoms with Crippen molar-refractivity contribution in [2.24, 2.45) is 0 Å². The average molecular weight is 485 g/mol. The lowest BCUT2D eigenvalue weighted by molar-refractivity contribution is 0.102. The van der Waals surface area contributed by atoms with Crippen molar-refractivity contribution in [1.29, 1.82) is 0 Å². The molecule has 2 amide bonds. The van der Waals surface area contributed by atoms with Crippen molar-refractivity contribution in [2.75, 3.05) is 16.9 Å². The van der Waals surface area contributed by atoms with E-state index in [0.717, 1.165) is 16.3 Å². The molecule has 3 aromatic carbocycles. The van der Waals surface area contributed by atoms with E-state index >= 15 is 0 Å². The maximum atomic E-state index is 12.6. The summed E-state index contributed by atoms with van der Waals surface area (Å²) in [6.07, 6.45) is 1.08. The highest BCUT2D eigenvalue weighted by Gasteiger charge is 2.15. The number of nitrogens with one attached hydrogen (secondary N) is 2. The molecular weight excluding hydrogens is 468 g/mol. The van der Waals surface area contributed by atoms with Gasteiger partial charge in [-0.2, -0.15) is 0 Å². The summed E-state index contributed by atoms with van der Waals surface area (Å²) in [6.45, 7) is 0. The first-order valence-corrected chi connectivity index (χ1v) is 12.5. The summed E-state index contributed by atoms with van der Waals surface area (Å²) in [5.41, 5.74) is 1.00. The van der Waals surface area contributed by atoms with Gasteiger partial charge in [-0.15, -0.1) is 11.3 Å². The Labute approximate surface area is 193 Å². The summed E-state index contributed by atoms with van der Waals surface area (Å²) >= 11 is 7.70. The quantitative estimate of drug-likeness (QED) is 0.393. The number of fused-ring (bicyclic) bond motifs is 1. The minimum Gasteiger partial charge on any atom is -0.321 e. The molecule has 0 aliphatic rings. The molecule has 0 atom stereocenters. The number of hydrogen-bond donors (Lipinski definition) is 2. The van der Waals surface area contributed by atoms with Crippen LogP contribution in [-0.2, 0) is 9.84 Å². The molecule has 0 spiro atoms. The van der Waals surface area contributed by atoms with Crippen LogP contribution < -0.4 is 10.6 Å². The fourth-order valence-corrected chi connectivity index (χ4v) is 4.90. The Morgan fingerprint density at radius 2 is 1.66 bits per heavy atom. The minimum absolute atomic E-state index is 0.0514. The highest BCUT2D eigenvalue weighted by molar-refractivity contribution is 7.90. The molecule has 1 aromatic heterocycles. The van der Waals surface area contributed by atoms with Crippen LogP contribution in [0.15, 0.2) is 77.7 Å². The van der Waals surface area contributed by atoms with E-state index in [2.05, 4.69) is 10.6 Å². The maximum absolute atomic E-state index is 12.6. The third-order valence-corrected chi connectivity index (χ3v) is 7.19. The normalized spacial score (nSPS) is 11.3. The Morgan fingerprint density at radius 3 is 2.38 bits per heavy atom. The number of carbonyl (C=O) groups is 2. The SMILES string of the molecule is CS(=O)(=O)c1cccc(C(=O)Nc2ccc(NC(=O)c3cc4ccccc4s3)cc2Cl)c1. The summed E-state index contributed by atoms with van der Waals surface area (Å²) < 4.78 is 24.4. The summed E-state index contributed by atoms with van der Waals surface area (Å²) in [7, 11) is -3.43. The van der Waals surface area contributed by atoms with Crippen molar-refractivity contribution < 1.29 is 18.0 Å². The van der Waals surface area contributed by atoms with E-state index < -0.39 is 15.7 Å². The Balaban J connectivity index is 1.48. The van der Waals surface area contributed by atoms with Gasteiger partial charge in [-0.3, -0.25) is 9.59 Å². The van der Waals surface area contributed by atoms with Crippen molar-refractivity contribution in [1.82, 2.24) is 0 Å². The lowest BCUT2D eigenvalue weighted by atomic mass is 10.2. The minimum atomic E-state index is -3.43. The van der Waals surface area contributed by atoms with Crippen molar-refractivity contribution in [3.05, 3.63) is 88.3 Å². The number of anilines is 2. The number of amides is 2. The third-order valence-electron chi connectivity index (χ3n) is 4.65. The van der Waals surface area contributed by atoms with Crippen LogP contribution in [0.25, 0.3) is 10.1 Å². The summed E-state index contributed by atoms with van der Waals surface area (Å²) in [5, 5.41) is 6.69. The largest absolute Gasteiger partial charge is 0.321 e. The van der Waals surface area contributed by atoms with Crippen LogP contribution in [0.1, 0.15) is 20.0 Å². The predicted octanol–water partition coefficient (Wildman–Crippen LogP) is 5.46. The van der Waals surface area contributed by atoms with Crippen LogP contribution in [0.4, 0.5) is 11.4 Å². The molecule has 9 heteroatoms. The van der Waals surface area contributed by atoms with E-state index in [9.17, 15) is 18.0 Å². The number of carbonyl (C=O) groups excluding carboxylic acids is 2. The zero-order valence-electron chi connectivity index (χ0n) is 16.8. The number of hydrogen-bond acceptors (Lipinski definition) is 5. The van der Waals surface area contributed by atoms with E-state index in [4.69, 9.17) is 11.6 Å². The lowest BCUT2D eigenvalue weighted by Crippen LogP contribution is -2.14. The van der Waals surface area contributed by atoms with Crippen LogP contribution in [0.2, 0.25) is 5.02 Å². The standard InChI is InChI=1S/C23H17ClN2O4S2/c1-32(29,30)17-7-4-6-15(11-17)22(27)26-19-10-9-16(13-18(19)24)25-23(28)21-12-14-5-2-3-8-20(14)31-21/h2-13H,1H3,(H,25,28)(H,26,27). The zero-order chi connectivity index (χ0) is 22.9. The van der Waals surface area contributed by atoms with Crippen molar-refractivity contribution >= 4 is 66.1 Å². The van der Waals surface area contributed by atoms with Crippen LogP contribution >= 0.6 is 22.9 Å². The first kappa shape index (κ1) is 22.0. The number of thiophene rings is 1. The fraction of sp³-hybridized carbons (Fsp3) is 0.0435. The van der Waals surface area contributed by atoms with Crippen molar-refractivity contribution in [2.45, 2.75) is 4.90 Å². The molecule has 6 nitrogen and oxygen atoms in total.